The molecule has 0 aliphatic heterocycles. The largest absolute Gasteiger partial charge is 0.399 e. The normalized spacial score (nSPS) is 11.4. The molecule has 3 aromatic carbocycles. The van der Waals surface area contributed by atoms with E-state index in [1.54, 1.807) is 60.7 Å². The number of amides is 1. The summed E-state index contributed by atoms with van der Waals surface area (Å²) in [6.45, 7) is 1.57. The van der Waals surface area contributed by atoms with Crippen molar-refractivity contribution in [2.75, 3.05) is 11.1 Å². The molecule has 0 saturated carbocycles. The zero-order valence-electron chi connectivity index (χ0n) is 14.2. The molecule has 0 heterocycles. The summed E-state index contributed by atoms with van der Waals surface area (Å²) < 4.78 is 28.2. The molecule has 134 valence electrons. The van der Waals surface area contributed by atoms with Gasteiger partial charge in [0.2, 0.25) is 15.9 Å². The molecule has 3 aromatic rings. The van der Waals surface area contributed by atoms with Crippen LogP contribution in [-0.2, 0) is 21.4 Å². The quantitative estimate of drug-likeness (QED) is 0.602. The number of fused-ring (bicyclic) bond motifs is 1. The van der Waals surface area contributed by atoms with Crippen LogP contribution in [0.1, 0.15) is 12.5 Å². The van der Waals surface area contributed by atoms with Gasteiger partial charge in [-0.3, -0.25) is 4.79 Å². The van der Waals surface area contributed by atoms with Crippen molar-refractivity contribution in [1.82, 2.24) is 4.72 Å². The number of anilines is 2. The highest BCUT2D eigenvalue weighted by molar-refractivity contribution is 7.89. The molecule has 1 amide bonds. The van der Waals surface area contributed by atoms with Gasteiger partial charge in [-0.2, -0.15) is 0 Å². The first-order valence-corrected chi connectivity index (χ1v) is 9.48. The molecule has 6 nitrogen and oxygen atoms in total. The summed E-state index contributed by atoms with van der Waals surface area (Å²) in [5, 5.41) is 3.93. The van der Waals surface area contributed by atoms with E-state index in [1.165, 1.54) is 6.92 Å². The molecule has 0 saturated heterocycles. The standard InChI is InChI=1S/C19H19N3O3S/c1-13(23)22-18-6-2-5-17-16(18)4-3-7-19(17)26(24,25)21-12-14-8-10-15(20)11-9-14/h2-11,21H,12,20H2,1H3,(H,22,23). The molecule has 26 heavy (non-hydrogen) atoms. The lowest BCUT2D eigenvalue weighted by atomic mass is 10.1. The third-order valence-electron chi connectivity index (χ3n) is 3.93. The van der Waals surface area contributed by atoms with Crippen LogP contribution in [0, 0.1) is 0 Å². The first-order chi connectivity index (χ1) is 12.4. The zero-order valence-corrected chi connectivity index (χ0v) is 15.0. The van der Waals surface area contributed by atoms with Crippen LogP contribution in [0.5, 0.6) is 0 Å². The van der Waals surface area contributed by atoms with Gasteiger partial charge in [0.05, 0.1) is 4.90 Å². The molecule has 0 aliphatic rings. The maximum atomic E-state index is 12.8. The highest BCUT2D eigenvalue weighted by atomic mass is 32.2. The number of sulfonamides is 1. The molecule has 0 aliphatic carbocycles. The summed E-state index contributed by atoms with van der Waals surface area (Å²) in [5.41, 5.74) is 7.65. The predicted octanol–water partition coefficient (Wildman–Crippen LogP) is 2.86. The number of hydrogen-bond acceptors (Lipinski definition) is 4. The van der Waals surface area contributed by atoms with Crippen LogP contribution in [0.25, 0.3) is 10.8 Å². The molecule has 0 unspecified atom stereocenters. The van der Waals surface area contributed by atoms with E-state index in [1.807, 2.05) is 0 Å². The molecule has 0 spiro atoms. The number of benzene rings is 3. The Bertz CT molecular complexity index is 1060. The van der Waals surface area contributed by atoms with E-state index in [0.717, 1.165) is 5.56 Å². The fourth-order valence-electron chi connectivity index (χ4n) is 2.71. The van der Waals surface area contributed by atoms with E-state index < -0.39 is 10.0 Å². The van der Waals surface area contributed by atoms with Gasteiger partial charge < -0.3 is 11.1 Å². The fraction of sp³-hybridized carbons (Fsp3) is 0.105. The minimum Gasteiger partial charge on any atom is -0.399 e. The van der Waals surface area contributed by atoms with Crippen LogP contribution in [0.2, 0.25) is 0 Å². The summed E-state index contributed by atoms with van der Waals surface area (Å²) in [6.07, 6.45) is 0. The maximum absolute atomic E-state index is 12.8. The molecule has 4 N–H and O–H groups in total. The molecule has 0 atom stereocenters. The average Bonchev–Trinajstić information content (AvgIpc) is 2.60. The minimum atomic E-state index is -3.73. The SMILES string of the molecule is CC(=O)Nc1cccc2c(S(=O)(=O)NCc3ccc(N)cc3)cccc12. The Kier molecular flexibility index (Phi) is 4.92. The molecule has 0 bridgehead atoms. The van der Waals surface area contributed by atoms with Gasteiger partial charge in [-0.1, -0.05) is 36.4 Å². The van der Waals surface area contributed by atoms with Crippen LogP contribution >= 0.6 is 0 Å². The first kappa shape index (κ1) is 17.9. The Balaban J connectivity index is 1.95. The van der Waals surface area contributed by atoms with Crippen LogP contribution in [0.4, 0.5) is 11.4 Å². The van der Waals surface area contributed by atoms with Crippen molar-refractivity contribution in [2.24, 2.45) is 0 Å². The van der Waals surface area contributed by atoms with Gasteiger partial charge in [0.15, 0.2) is 0 Å². The highest BCUT2D eigenvalue weighted by Gasteiger charge is 2.18. The van der Waals surface area contributed by atoms with Gasteiger partial charge in [-0.25, -0.2) is 13.1 Å². The Hall–Kier alpha value is -2.90. The van der Waals surface area contributed by atoms with Crippen molar-refractivity contribution in [2.45, 2.75) is 18.4 Å². The number of rotatable bonds is 5. The van der Waals surface area contributed by atoms with Gasteiger partial charge in [-0.15, -0.1) is 0 Å². The number of nitrogens with one attached hydrogen (secondary N) is 2. The van der Waals surface area contributed by atoms with Gasteiger partial charge in [0.25, 0.3) is 0 Å². The molecule has 0 radical (unpaired) electrons. The predicted molar refractivity (Wildman–Crippen MR) is 103 cm³/mol. The highest BCUT2D eigenvalue weighted by Crippen LogP contribution is 2.28. The summed E-state index contributed by atoms with van der Waals surface area (Å²) in [7, 11) is -3.73. The van der Waals surface area contributed by atoms with Crippen molar-refractivity contribution in [3.8, 4) is 0 Å². The molecule has 0 aromatic heterocycles. The summed E-state index contributed by atoms with van der Waals surface area (Å²) in [6, 6.07) is 17.2. The van der Waals surface area contributed by atoms with Crippen LogP contribution in [0.3, 0.4) is 0 Å². The van der Waals surface area contributed by atoms with E-state index in [4.69, 9.17) is 5.73 Å². The topological polar surface area (TPSA) is 101 Å². The van der Waals surface area contributed by atoms with Crippen molar-refractivity contribution in [3.63, 3.8) is 0 Å². The lowest BCUT2D eigenvalue weighted by Gasteiger charge is -2.12. The number of carbonyl (C=O) groups excluding carboxylic acids is 1. The lowest BCUT2D eigenvalue weighted by molar-refractivity contribution is -0.114. The molecule has 3 rings (SSSR count). The monoisotopic (exact) mass is 369 g/mol. The lowest BCUT2D eigenvalue weighted by Crippen LogP contribution is -2.23. The maximum Gasteiger partial charge on any atom is 0.241 e. The Morgan fingerprint density at radius 2 is 1.62 bits per heavy atom. The van der Waals surface area contributed by atoms with Crippen molar-refractivity contribution < 1.29 is 13.2 Å². The van der Waals surface area contributed by atoms with Gasteiger partial charge >= 0.3 is 0 Å². The van der Waals surface area contributed by atoms with Crippen LogP contribution in [-0.4, -0.2) is 14.3 Å². The second kappa shape index (κ2) is 7.15. The number of nitrogen functional groups attached to an aromatic ring is 1. The molecular weight excluding hydrogens is 350 g/mol. The van der Waals surface area contributed by atoms with Gasteiger partial charge in [0.1, 0.15) is 0 Å². The molecule has 0 fully saturated rings. The fourth-order valence-corrected chi connectivity index (χ4v) is 3.94. The third kappa shape index (κ3) is 3.84. The van der Waals surface area contributed by atoms with Gasteiger partial charge in [-0.05, 0) is 29.8 Å². The van der Waals surface area contributed by atoms with E-state index in [-0.39, 0.29) is 17.3 Å². The van der Waals surface area contributed by atoms with E-state index >= 15 is 0 Å². The Morgan fingerprint density at radius 1 is 0.962 bits per heavy atom. The molecule has 7 heteroatoms. The first-order valence-electron chi connectivity index (χ1n) is 8.00. The second-order valence-electron chi connectivity index (χ2n) is 5.90. The number of hydrogen-bond donors (Lipinski definition) is 3. The Labute approximate surface area is 152 Å². The number of carbonyl (C=O) groups is 1. The van der Waals surface area contributed by atoms with Crippen molar-refractivity contribution >= 4 is 38.1 Å². The minimum absolute atomic E-state index is 0.157. The summed E-state index contributed by atoms with van der Waals surface area (Å²) in [5.74, 6) is -0.216. The van der Waals surface area contributed by atoms with Crippen molar-refractivity contribution in [1.29, 1.82) is 0 Å². The van der Waals surface area contributed by atoms with Gasteiger partial charge in [0, 0.05) is 35.6 Å². The van der Waals surface area contributed by atoms with Crippen molar-refractivity contribution in [3.05, 3.63) is 66.2 Å². The zero-order chi connectivity index (χ0) is 18.7. The van der Waals surface area contributed by atoms with E-state index in [0.29, 0.717) is 22.1 Å². The van der Waals surface area contributed by atoms with E-state index in [2.05, 4.69) is 10.0 Å². The summed E-state index contributed by atoms with van der Waals surface area (Å²) in [4.78, 5) is 11.5. The average molecular weight is 369 g/mol. The second-order valence-corrected chi connectivity index (χ2v) is 7.64. The van der Waals surface area contributed by atoms with Crippen LogP contribution in [0.15, 0.2) is 65.6 Å². The Morgan fingerprint density at radius 3 is 2.31 bits per heavy atom. The smallest absolute Gasteiger partial charge is 0.241 e. The molecular formula is C19H19N3O3S. The number of nitrogens with two attached hydrogens (primary N) is 1. The third-order valence-corrected chi connectivity index (χ3v) is 5.39. The summed E-state index contributed by atoms with van der Waals surface area (Å²) >= 11 is 0. The van der Waals surface area contributed by atoms with E-state index in [9.17, 15) is 13.2 Å². The van der Waals surface area contributed by atoms with Crippen LogP contribution < -0.4 is 15.8 Å².